The third-order valence-electron chi connectivity index (χ3n) is 2.96. The zero-order chi connectivity index (χ0) is 13.8. The Kier molecular flexibility index (Phi) is 3.74. The van der Waals surface area contributed by atoms with Crippen molar-refractivity contribution in [2.45, 2.75) is 10.6 Å². The van der Waals surface area contributed by atoms with E-state index in [1.807, 2.05) is 71.5 Å². The van der Waals surface area contributed by atoms with Gasteiger partial charge in [-0.05, 0) is 30.3 Å². The van der Waals surface area contributed by atoms with Gasteiger partial charge < -0.3 is 5.73 Å². The molecule has 0 aliphatic rings. The molecule has 4 heteroatoms. The van der Waals surface area contributed by atoms with Crippen LogP contribution in [0.4, 0.5) is 5.69 Å². The highest BCUT2D eigenvalue weighted by atomic mass is 32.2. The van der Waals surface area contributed by atoms with E-state index in [1.165, 1.54) is 0 Å². The topological polar surface area (TPSA) is 43.8 Å². The lowest BCUT2D eigenvalue weighted by molar-refractivity contribution is 0.859. The molecule has 3 aromatic rings. The van der Waals surface area contributed by atoms with Gasteiger partial charge in [-0.1, -0.05) is 30.3 Å². The first-order chi connectivity index (χ1) is 9.83. The van der Waals surface area contributed by atoms with Gasteiger partial charge in [-0.3, -0.25) is 0 Å². The molecule has 1 heterocycles. The zero-order valence-electron chi connectivity index (χ0n) is 10.9. The Morgan fingerprint density at radius 1 is 0.950 bits per heavy atom. The normalized spacial score (nSPS) is 10.6. The molecule has 0 radical (unpaired) electrons. The number of hydrogen-bond donors (Lipinski definition) is 1. The first kappa shape index (κ1) is 12.8. The van der Waals surface area contributed by atoms with Gasteiger partial charge >= 0.3 is 0 Å². The molecule has 0 amide bonds. The Morgan fingerprint density at radius 2 is 1.70 bits per heavy atom. The summed E-state index contributed by atoms with van der Waals surface area (Å²) in [5, 5.41) is 4.58. The summed E-state index contributed by atoms with van der Waals surface area (Å²) in [6.07, 6.45) is 1.99. The fourth-order valence-corrected chi connectivity index (χ4v) is 2.79. The van der Waals surface area contributed by atoms with Gasteiger partial charge in [0.1, 0.15) is 0 Å². The minimum atomic E-state index is 0.814. The van der Waals surface area contributed by atoms with Crippen molar-refractivity contribution in [2.75, 3.05) is 5.73 Å². The monoisotopic (exact) mass is 281 g/mol. The Morgan fingerprint density at radius 3 is 2.50 bits per heavy atom. The standard InChI is InChI=1S/C16H15N3S/c17-15-8-4-5-9-16(15)20-12-13-10-11-19(18-13)14-6-2-1-3-7-14/h1-11H,12,17H2. The van der Waals surface area contributed by atoms with Gasteiger partial charge in [-0.25, -0.2) is 4.68 Å². The molecule has 3 rings (SSSR count). The third kappa shape index (κ3) is 2.86. The summed E-state index contributed by atoms with van der Waals surface area (Å²) in [5.74, 6) is 0.814. The molecule has 0 saturated carbocycles. The molecule has 0 fully saturated rings. The van der Waals surface area contributed by atoms with E-state index in [4.69, 9.17) is 5.73 Å². The van der Waals surface area contributed by atoms with Crippen LogP contribution in [0, 0.1) is 0 Å². The lowest BCUT2D eigenvalue weighted by Gasteiger charge is -2.03. The van der Waals surface area contributed by atoms with Crippen LogP contribution in [0.1, 0.15) is 5.69 Å². The highest BCUT2D eigenvalue weighted by Gasteiger charge is 2.03. The third-order valence-corrected chi connectivity index (χ3v) is 4.08. The van der Waals surface area contributed by atoms with Crippen molar-refractivity contribution in [3.05, 3.63) is 72.6 Å². The molecule has 20 heavy (non-hydrogen) atoms. The van der Waals surface area contributed by atoms with Crippen LogP contribution in [-0.4, -0.2) is 9.78 Å². The summed E-state index contributed by atoms with van der Waals surface area (Å²) in [6.45, 7) is 0. The number of rotatable bonds is 4. The first-order valence-electron chi connectivity index (χ1n) is 6.40. The van der Waals surface area contributed by atoms with E-state index in [9.17, 15) is 0 Å². The van der Waals surface area contributed by atoms with E-state index in [1.54, 1.807) is 11.8 Å². The van der Waals surface area contributed by atoms with E-state index in [0.29, 0.717) is 0 Å². The van der Waals surface area contributed by atoms with Crippen molar-refractivity contribution < 1.29 is 0 Å². The number of aromatic nitrogens is 2. The summed E-state index contributed by atoms with van der Waals surface area (Å²) in [7, 11) is 0. The Bertz CT molecular complexity index is 692. The van der Waals surface area contributed by atoms with Crippen LogP contribution in [0.25, 0.3) is 5.69 Å². The van der Waals surface area contributed by atoms with E-state index < -0.39 is 0 Å². The number of hydrogen-bond acceptors (Lipinski definition) is 3. The zero-order valence-corrected chi connectivity index (χ0v) is 11.8. The van der Waals surface area contributed by atoms with Gasteiger partial charge in [-0.15, -0.1) is 11.8 Å². The van der Waals surface area contributed by atoms with Crippen molar-refractivity contribution in [2.24, 2.45) is 0 Å². The number of anilines is 1. The van der Waals surface area contributed by atoms with Crippen LogP contribution in [0.2, 0.25) is 0 Å². The van der Waals surface area contributed by atoms with Crippen molar-refractivity contribution in [1.82, 2.24) is 9.78 Å². The molecule has 0 bridgehead atoms. The molecule has 1 aromatic heterocycles. The van der Waals surface area contributed by atoms with E-state index in [-0.39, 0.29) is 0 Å². The van der Waals surface area contributed by atoms with Crippen molar-refractivity contribution >= 4 is 17.4 Å². The predicted octanol–water partition coefficient (Wildman–Crippen LogP) is 3.75. The van der Waals surface area contributed by atoms with Crippen LogP contribution in [0.5, 0.6) is 0 Å². The fourth-order valence-electron chi connectivity index (χ4n) is 1.93. The van der Waals surface area contributed by atoms with Crippen molar-refractivity contribution in [1.29, 1.82) is 0 Å². The van der Waals surface area contributed by atoms with Gasteiger partial charge in [-0.2, -0.15) is 5.10 Å². The number of para-hydroxylation sites is 2. The summed E-state index contributed by atoms with van der Waals surface area (Å²) in [4.78, 5) is 1.10. The molecule has 0 saturated heterocycles. The summed E-state index contributed by atoms with van der Waals surface area (Å²) in [5.41, 5.74) is 8.87. The van der Waals surface area contributed by atoms with Crippen LogP contribution in [0.3, 0.4) is 0 Å². The van der Waals surface area contributed by atoms with Gasteiger partial charge in [0.15, 0.2) is 0 Å². The van der Waals surface area contributed by atoms with Gasteiger partial charge in [0, 0.05) is 22.5 Å². The number of nitrogen functional groups attached to an aromatic ring is 1. The maximum Gasteiger partial charge on any atom is 0.0731 e. The van der Waals surface area contributed by atoms with E-state index in [2.05, 4.69) is 5.10 Å². The second-order valence-corrected chi connectivity index (χ2v) is 5.43. The SMILES string of the molecule is Nc1ccccc1SCc1ccn(-c2ccccc2)n1. The largest absolute Gasteiger partial charge is 0.398 e. The molecule has 0 aliphatic heterocycles. The number of nitrogens with zero attached hydrogens (tertiary/aromatic N) is 2. The molecule has 0 unspecified atom stereocenters. The Labute approximate surface area is 122 Å². The van der Waals surface area contributed by atoms with E-state index >= 15 is 0 Å². The maximum atomic E-state index is 5.93. The molecule has 2 aromatic carbocycles. The summed E-state index contributed by atoms with van der Waals surface area (Å²) >= 11 is 1.71. The van der Waals surface area contributed by atoms with E-state index in [0.717, 1.165) is 27.7 Å². The summed E-state index contributed by atoms with van der Waals surface area (Å²) < 4.78 is 1.89. The summed E-state index contributed by atoms with van der Waals surface area (Å²) in [6, 6.07) is 20.1. The number of benzene rings is 2. The fraction of sp³-hybridized carbons (Fsp3) is 0.0625. The highest BCUT2D eigenvalue weighted by Crippen LogP contribution is 2.27. The Hall–Kier alpha value is -2.20. The molecule has 100 valence electrons. The maximum absolute atomic E-state index is 5.93. The number of thioether (sulfide) groups is 1. The predicted molar refractivity (Wildman–Crippen MR) is 84.0 cm³/mol. The second kappa shape index (κ2) is 5.84. The van der Waals surface area contributed by atoms with Crippen LogP contribution < -0.4 is 5.73 Å². The molecular weight excluding hydrogens is 266 g/mol. The lowest BCUT2D eigenvalue weighted by Crippen LogP contribution is -1.95. The second-order valence-electron chi connectivity index (χ2n) is 4.41. The Balaban J connectivity index is 1.71. The van der Waals surface area contributed by atoms with Crippen molar-refractivity contribution in [3.63, 3.8) is 0 Å². The molecule has 0 spiro atoms. The van der Waals surface area contributed by atoms with Gasteiger partial charge in [0.2, 0.25) is 0 Å². The van der Waals surface area contributed by atoms with Crippen LogP contribution in [-0.2, 0) is 5.75 Å². The quantitative estimate of drug-likeness (QED) is 0.585. The molecule has 3 nitrogen and oxygen atoms in total. The lowest BCUT2D eigenvalue weighted by atomic mass is 10.3. The average Bonchev–Trinajstić information content (AvgIpc) is 2.96. The minimum Gasteiger partial charge on any atom is -0.398 e. The molecule has 2 N–H and O–H groups in total. The first-order valence-corrected chi connectivity index (χ1v) is 7.39. The minimum absolute atomic E-state index is 0.814. The van der Waals surface area contributed by atoms with Gasteiger partial charge in [0.05, 0.1) is 11.4 Å². The van der Waals surface area contributed by atoms with Crippen LogP contribution >= 0.6 is 11.8 Å². The average molecular weight is 281 g/mol. The van der Waals surface area contributed by atoms with Gasteiger partial charge in [0.25, 0.3) is 0 Å². The smallest absolute Gasteiger partial charge is 0.0731 e. The molecular formula is C16H15N3S. The molecule has 0 aliphatic carbocycles. The highest BCUT2D eigenvalue weighted by molar-refractivity contribution is 7.98. The number of nitrogens with two attached hydrogens (primary N) is 1. The van der Waals surface area contributed by atoms with Crippen molar-refractivity contribution in [3.8, 4) is 5.69 Å². The van der Waals surface area contributed by atoms with Crippen LogP contribution in [0.15, 0.2) is 71.8 Å². The molecule has 0 atom stereocenters.